The summed E-state index contributed by atoms with van der Waals surface area (Å²) >= 11 is 2.10. The summed E-state index contributed by atoms with van der Waals surface area (Å²) in [5.41, 5.74) is 0. The van der Waals surface area contributed by atoms with Gasteiger partial charge in [-0.3, -0.25) is 0 Å². The molecule has 1 fully saturated rings. The van der Waals surface area contributed by atoms with E-state index in [1.54, 1.807) is 0 Å². The summed E-state index contributed by atoms with van der Waals surface area (Å²) in [5, 5.41) is 0.836. The van der Waals surface area contributed by atoms with Crippen LogP contribution in [-0.2, 0) is 0 Å². The smallest absolute Gasteiger partial charge is 0.0147 e. The molecule has 1 radical (unpaired) electrons. The molecule has 0 spiro atoms. The second-order valence-electron chi connectivity index (χ2n) is 3.62. The summed E-state index contributed by atoms with van der Waals surface area (Å²) in [7, 11) is 0. The Morgan fingerprint density at radius 2 is 2.27 bits per heavy atom. The van der Waals surface area contributed by atoms with Gasteiger partial charge in [-0.15, -0.1) is 0 Å². The Morgan fingerprint density at radius 1 is 1.55 bits per heavy atom. The molecule has 0 aliphatic carbocycles. The molecule has 1 heterocycles. The summed E-state index contributed by atoms with van der Waals surface area (Å²) in [5.74, 6) is 2.85. The van der Waals surface area contributed by atoms with E-state index >= 15 is 0 Å². The van der Waals surface area contributed by atoms with Crippen molar-refractivity contribution < 1.29 is 0 Å². The van der Waals surface area contributed by atoms with E-state index < -0.39 is 0 Å². The molecular formula is C9H18NS. The molecule has 0 aromatic carbocycles. The Bertz CT molecular complexity index is 112. The molecule has 0 amide bonds. The highest BCUT2D eigenvalue weighted by Gasteiger charge is 2.16. The Labute approximate surface area is 74.5 Å². The molecule has 1 saturated heterocycles. The van der Waals surface area contributed by atoms with Gasteiger partial charge in [0.2, 0.25) is 0 Å². The van der Waals surface area contributed by atoms with Crippen molar-refractivity contribution in [1.82, 2.24) is 4.90 Å². The summed E-state index contributed by atoms with van der Waals surface area (Å²) in [6, 6.07) is 0. The highest BCUT2D eigenvalue weighted by atomic mass is 32.2. The second-order valence-corrected chi connectivity index (χ2v) is 5.17. The number of thioether (sulfide) groups is 1. The van der Waals surface area contributed by atoms with Gasteiger partial charge >= 0.3 is 0 Å². The van der Waals surface area contributed by atoms with Crippen LogP contribution in [0.1, 0.15) is 20.8 Å². The van der Waals surface area contributed by atoms with Crippen molar-refractivity contribution >= 4 is 11.8 Å². The summed E-state index contributed by atoms with van der Waals surface area (Å²) in [4.78, 5) is 2.55. The molecule has 1 atom stereocenters. The Morgan fingerprint density at radius 3 is 2.82 bits per heavy atom. The maximum atomic E-state index is 2.55. The molecule has 0 saturated carbocycles. The molecule has 1 rings (SSSR count). The lowest BCUT2D eigenvalue weighted by Gasteiger charge is -2.31. The quantitative estimate of drug-likeness (QED) is 0.627. The third-order valence-corrected chi connectivity index (χ3v) is 3.00. The fraction of sp³-hybridized carbons (Fsp3) is 0.889. The molecule has 0 aromatic rings. The fourth-order valence-electron chi connectivity index (χ4n) is 1.48. The molecule has 65 valence electrons. The van der Waals surface area contributed by atoms with E-state index in [4.69, 9.17) is 0 Å². The van der Waals surface area contributed by atoms with E-state index in [0.29, 0.717) is 0 Å². The number of rotatable bonds is 2. The van der Waals surface area contributed by atoms with Crippen molar-refractivity contribution in [2.45, 2.75) is 26.0 Å². The minimum Gasteiger partial charge on any atom is -0.301 e. The van der Waals surface area contributed by atoms with Crippen molar-refractivity contribution in [2.75, 3.05) is 25.4 Å². The van der Waals surface area contributed by atoms with Crippen LogP contribution in [0.15, 0.2) is 0 Å². The maximum Gasteiger partial charge on any atom is 0.0147 e. The first-order chi connectivity index (χ1) is 5.18. The zero-order valence-corrected chi connectivity index (χ0v) is 8.58. The first kappa shape index (κ1) is 9.40. The maximum absolute atomic E-state index is 2.55. The monoisotopic (exact) mass is 172 g/mol. The van der Waals surface area contributed by atoms with Crippen LogP contribution in [0.2, 0.25) is 0 Å². The molecule has 0 aromatic heterocycles. The van der Waals surface area contributed by atoms with Gasteiger partial charge in [-0.25, -0.2) is 0 Å². The van der Waals surface area contributed by atoms with Crippen molar-refractivity contribution in [2.24, 2.45) is 0 Å². The van der Waals surface area contributed by atoms with Gasteiger partial charge in [0.15, 0.2) is 0 Å². The van der Waals surface area contributed by atoms with Crippen LogP contribution in [0.3, 0.4) is 0 Å². The van der Waals surface area contributed by atoms with Crippen LogP contribution in [0.4, 0.5) is 0 Å². The van der Waals surface area contributed by atoms with Gasteiger partial charge in [-0.05, 0) is 5.92 Å². The minimum atomic E-state index is 0.836. The predicted molar refractivity (Wildman–Crippen MR) is 53.0 cm³/mol. The van der Waals surface area contributed by atoms with Crippen LogP contribution in [0.5, 0.6) is 0 Å². The van der Waals surface area contributed by atoms with Crippen molar-refractivity contribution in [3.63, 3.8) is 0 Å². The Hall–Kier alpha value is 0.310. The third kappa shape index (κ3) is 3.48. The zero-order chi connectivity index (χ0) is 8.27. The third-order valence-electron chi connectivity index (χ3n) is 1.87. The molecule has 0 N–H and O–H groups in total. The highest BCUT2D eigenvalue weighted by molar-refractivity contribution is 7.99. The van der Waals surface area contributed by atoms with Gasteiger partial charge in [0.05, 0.1) is 0 Å². The lowest BCUT2D eigenvalue weighted by Crippen LogP contribution is -2.38. The lowest BCUT2D eigenvalue weighted by molar-refractivity contribution is 0.297. The largest absolute Gasteiger partial charge is 0.301 e. The molecule has 1 unspecified atom stereocenters. The van der Waals surface area contributed by atoms with E-state index in [1.807, 2.05) is 0 Å². The van der Waals surface area contributed by atoms with Gasteiger partial charge < -0.3 is 4.90 Å². The van der Waals surface area contributed by atoms with Gasteiger partial charge in [-0.2, -0.15) is 11.8 Å². The Kier molecular flexibility index (Phi) is 3.73. The molecule has 2 heteroatoms. The number of nitrogens with zero attached hydrogens (tertiary/aromatic N) is 1. The molecule has 1 aliphatic rings. The van der Waals surface area contributed by atoms with Crippen LogP contribution < -0.4 is 0 Å². The standard InChI is InChI=1S/C9H18NS/c1-8(2)6-10-4-5-11-9(3)7-10/h9H,4-7H2,1-3H3. The summed E-state index contributed by atoms with van der Waals surface area (Å²) < 4.78 is 0. The SMILES string of the molecule is C[C](C)CN1CCSC(C)C1. The normalized spacial score (nSPS) is 27.8. The second kappa shape index (κ2) is 4.36. The molecule has 0 bridgehead atoms. The minimum absolute atomic E-state index is 0.836. The first-order valence-electron chi connectivity index (χ1n) is 4.31. The zero-order valence-electron chi connectivity index (χ0n) is 7.76. The van der Waals surface area contributed by atoms with Crippen LogP contribution in [0, 0.1) is 5.92 Å². The van der Waals surface area contributed by atoms with E-state index in [1.165, 1.54) is 31.3 Å². The lowest BCUT2D eigenvalue weighted by atomic mass is 10.2. The molecule has 1 aliphatic heterocycles. The van der Waals surface area contributed by atoms with Gasteiger partial charge in [0, 0.05) is 30.6 Å². The fourth-order valence-corrected chi connectivity index (χ4v) is 2.56. The molecule has 1 nitrogen and oxygen atoms in total. The van der Waals surface area contributed by atoms with E-state index in [2.05, 4.69) is 37.4 Å². The molecular weight excluding hydrogens is 154 g/mol. The van der Waals surface area contributed by atoms with E-state index in [-0.39, 0.29) is 0 Å². The van der Waals surface area contributed by atoms with Crippen molar-refractivity contribution in [1.29, 1.82) is 0 Å². The predicted octanol–water partition coefficient (Wildman–Crippen LogP) is 2.04. The van der Waals surface area contributed by atoms with Crippen LogP contribution in [0.25, 0.3) is 0 Å². The Balaban J connectivity index is 2.23. The first-order valence-corrected chi connectivity index (χ1v) is 5.36. The average molecular weight is 172 g/mol. The van der Waals surface area contributed by atoms with Gasteiger partial charge in [0.25, 0.3) is 0 Å². The summed E-state index contributed by atoms with van der Waals surface area (Å²) in [6.45, 7) is 10.5. The van der Waals surface area contributed by atoms with Crippen LogP contribution in [-0.4, -0.2) is 35.5 Å². The highest BCUT2D eigenvalue weighted by Crippen LogP contribution is 2.18. The molecule has 11 heavy (non-hydrogen) atoms. The van der Waals surface area contributed by atoms with Gasteiger partial charge in [-0.1, -0.05) is 20.8 Å². The van der Waals surface area contributed by atoms with Gasteiger partial charge in [0.1, 0.15) is 0 Å². The van der Waals surface area contributed by atoms with Crippen LogP contribution >= 0.6 is 11.8 Å². The summed E-state index contributed by atoms with van der Waals surface area (Å²) in [6.07, 6.45) is 0. The van der Waals surface area contributed by atoms with E-state index in [0.717, 1.165) is 5.25 Å². The average Bonchev–Trinajstić information content (AvgIpc) is 1.85. The topological polar surface area (TPSA) is 3.24 Å². The number of hydrogen-bond donors (Lipinski definition) is 0. The van der Waals surface area contributed by atoms with Crippen molar-refractivity contribution in [3.8, 4) is 0 Å². The van der Waals surface area contributed by atoms with E-state index in [9.17, 15) is 0 Å². The van der Waals surface area contributed by atoms with Crippen molar-refractivity contribution in [3.05, 3.63) is 5.92 Å². The number of hydrogen-bond acceptors (Lipinski definition) is 2.